The smallest absolute Gasteiger partial charge is 0.344 e. The average Bonchev–Trinajstić information content (AvgIpc) is 2.35. The number of carbonyl (C=O) groups is 2. The molecule has 0 N–H and O–H groups in total. The number of nitro benzene ring substituents is 1. The van der Waals surface area contributed by atoms with Gasteiger partial charge in [0, 0.05) is 12.1 Å². The highest BCUT2D eigenvalue weighted by Gasteiger charge is 2.22. The zero-order valence-corrected chi connectivity index (χ0v) is 10.3. The van der Waals surface area contributed by atoms with E-state index >= 15 is 0 Å². The molecule has 0 aliphatic heterocycles. The van der Waals surface area contributed by atoms with Crippen LogP contribution in [0.2, 0.25) is 5.02 Å². The summed E-state index contributed by atoms with van der Waals surface area (Å²) in [5.41, 5.74) is -1.34. The minimum Gasteiger partial charge on any atom is -0.466 e. The van der Waals surface area contributed by atoms with Crippen LogP contribution in [0.3, 0.4) is 0 Å². The lowest BCUT2D eigenvalue weighted by Crippen LogP contribution is -2.15. The summed E-state index contributed by atoms with van der Waals surface area (Å²) in [6.45, 7) is -0.684. The third kappa shape index (κ3) is 3.62. The van der Waals surface area contributed by atoms with Gasteiger partial charge in [0.25, 0.3) is 0 Å². The molecular weight excluding hydrogens is 285 g/mol. The fraction of sp³-hybridized carbons (Fsp3) is 0.200. The highest BCUT2D eigenvalue weighted by molar-refractivity contribution is 6.33. The molecule has 1 aromatic carbocycles. The SMILES string of the molecule is COC(=O)COC(=O)c1cc([N+](=O)[O-])c(F)cc1Cl. The predicted molar refractivity (Wildman–Crippen MR) is 60.4 cm³/mol. The highest BCUT2D eigenvalue weighted by Crippen LogP contribution is 2.26. The van der Waals surface area contributed by atoms with E-state index in [1.807, 2.05) is 0 Å². The fourth-order valence-electron chi connectivity index (χ4n) is 1.10. The van der Waals surface area contributed by atoms with Crippen LogP contribution in [0.4, 0.5) is 10.1 Å². The van der Waals surface area contributed by atoms with Gasteiger partial charge in [0.15, 0.2) is 6.61 Å². The van der Waals surface area contributed by atoms with Gasteiger partial charge in [0.05, 0.1) is 22.6 Å². The van der Waals surface area contributed by atoms with E-state index in [0.717, 1.165) is 7.11 Å². The maximum atomic E-state index is 13.2. The van der Waals surface area contributed by atoms with Gasteiger partial charge in [-0.2, -0.15) is 4.39 Å². The molecule has 0 heterocycles. The molecular formula is C10H7ClFNO6. The second kappa shape index (κ2) is 6.10. The van der Waals surface area contributed by atoms with Crippen molar-refractivity contribution < 1.29 is 28.4 Å². The number of carbonyl (C=O) groups excluding carboxylic acids is 2. The molecule has 0 atom stereocenters. The van der Waals surface area contributed by atoms with Gasteiger partial charge in [-0.15, -0.1) is 0 Å². The monoisotopic (exact) mass is 291 g/mol. The largest absolute Gasteiger partial charge is 0.466 e. The standard InChI is InChI=1S/C10H7ClFNO6/c1-18-9(14)4-19-10(15)5-2-8(13(16)17)7(12)3-6(5)11/h2-3H,4H2,1H3. The molecule has 0 saturated heterocycles. The number of esters is 2. The van der Waals surface area contributed by atoms with Gasteiger partial charge < -0.3 is 9.47 Å². The molecule has 1 aromatic rings. The van der Waals surface area contributed by atoms with Crippen molar-refractivity contribution in [2.24, 2.45) is 0 Å². The van der Waals surface area contributed by atoms with Crippen LogP contribution < -0.4 is 0 Å². The third-order valence-electron chi connectivity index (χ3n) is 2.00. The van der Waals surface area contributed by atoms with Crippen molar-refractivity contribution >= 4 is 29.2 Å². The van der Waals surface area contributed by atoms with Gasteiger partial charge in [-0.1, -0.05) is 11.6 Å². The van der Waals surface area contributed by atoms with E-state index in [0.29, 0.717) is 12.1 Å². The Balaban J connectivity index is 3.00. The molecule has 1 rings (SSSR count). The second-order valence-electron chi connectivity index (χ2n) is 3.19. The normalized spacial score (nSPS) is 9.84. The molecule has 9 heteroatoms. The Kier molecular flexibility index (Phi) is 4.76. The molecule has 0 spiro atoms. The molecule has 19 heavy (non-hydrogen) atoms. The first kappa shape index (κ1) is 14.8. The summed E-state index contributed by atoms with van der Waals surface area (Å²) in [4.78, 5) is 31.8. The molecule has 0 unspecified atom stereocenters. The van der Waals surface area contributed by atoms with Gasteiger partial charge in [-0.25, -0.2) is 9.59 Å². The first-order valence-corrected chi connectivity index (χ1v) is 5.12. The van der Waals surface area contributed by atoms with Gasteiger partial charge in [0.2, 0.25) is 5.82 Å². The van der Waals surface area contributed by atoms with Crippen molar-refractivity contribution in [1.82, 2.24) is 0 Å². The fourth-order valence-corrected chi connectivity index (χ4v) is 1.32. The number of hydrogen-bond donors (Lipinski definition) is 0. The second-order valence-corrected chi connectivity index (χ2v) is 3.60. The Bertz CT molecular complexity index is 547. The lowest BCUT2D eigenvalue weighted by atomic mass is 10.2. The van der Waals surface area contributed by atoms with Crippen LogP contribution in [-0.4, -0.2) is 30.6 Å². The highest BCUT2D eigenvalue weighted by atomic mass is 35.5. The maximum absolute atomic E-state index is 13.2. The van der Waals surface area contributed by atoms with Crippen LogP contribution in [0.5, 0.6) is 0 Å². The topological polar surface area (TPSA) is 95.7 Å². The molecule has 7 nitrogen and oxygen atoms in total. The van der Waals surface area contributed by atoms with Crippen LogP contribution >= 0.6 is 11.6 Å². The summed E-state index contributed by atoms with van der Waals surface area (Å²) < 4.78 is 21.9. The molecule has 0 amide bonds. The summed E-state index contributed by atoms with van der Waals surface area (Å²) in [5, 5.41) is 10.2. The first-order valence-electron chi connectivity index (χ1n) is 4.74. The van der Waals surface area contributed by atoms with E-state index in [-0.39, 0.29) is 5.02 Å². The predicted octanol–water partition coefficient (Wildman–Crippen LogP) is 1.72. The van der Waals surface area contributed by atoms with E-state index < -0.39 is 40.5 Å². The van der Waals surface area contributed by atoms with Gasteiger partial charge in [0.1, 0.15) is 0 Å². The number of ether oxygens (including phenoxy) is 2. The quantitative estimate of drug-likeness (QED) is 0.476. The van der Waals surface area contributed by atoms with Crippen LogP contribution in [-0.2, 0) is 14.3 Å². The molecule has 102 valence electrons. The number of nitrogens with zero attached hydrogens (tertiary/aromatic N) is 1. The average molecular weight is 292 g/mol. The number of hydrogen-bond acceptors (Lipinski definition) is 6. The Labute approximate surface area is 111 Å². The van der Waals surface area contributed by atoms with E-state index in [1.165, 1.54) is 0 Å². The number of nitro groups is 1. The van der Waals surface area contributed by atoms with Crippen molar-refractivity contribution in [2.45, 2.75) is 0 Å². The van der Waals surface area contributed by atoms with Crippen molar-refractivity contribution in [1.29, 1.82) is 0 Å². The van der Waals surface area contributed by atoms with E-state index in [2.05, 4.69) is 9.47 Å². The summed E-state index contributed by atoms with van der Waals surface area (Å²) >= 11 is 5.57. The van der Waals surface area contributed by atoms with E-state index in [1.54, 1.807) is 0 Å². The summed E-state index contributed by atoms with van der Waals surface area (Å²) in [6.07, 6.45) is 0. The zero-order chi connectivity index (χ0) is 14.6. The van der Waals surface area contributed by atoms with Gasteiger partial charge in [-0.05, 0) is 0 Å². The molecule has 0 aromatic heterocycles. The van der Waals surface area contributed by atoms with Crippen molar-refractivity contribution in [3.05, 3.63) is 38.7 Å². The number of methoxy groups -OCH3 is 1. The molecule has 0 bridgehead atoms. The van der Waals surface area contributed by atoms with Crippen LogP contribution in [0.25, 0.3) is 0 Å². The molecule has 0 saturated carbocycles. The Hall–Kier alpha value is -2.22. The van der Waals surface area contributed by atoms with E-state index in [9.17, 15) is 24.1 Å². The Morgan fingerprint density at radius 3 is 2.63 bits per heavy atom. The summed E-state index contributed by atoms with van der Waals surface area (Å²) in [7, 11) is 1.09. The Morgan fingerprint density at radius 1 is 1.47 bits per heavy atom. The van der Waals surface area contributed by atoms with Gasteiger partial charge in [-0.3, -0.25) is 10.1 Å². The maximum Gasteiger partial charge on any atom is 0.344 e. The lowest BCUT2D eigenvalue weighted by molar-refractivity contribution is -0.387. The minimum atomic E-state index is -1.18. The number of benzene rings is 1. The van der Waals surface area contributed by atoms with Crippen molar-refractivity contribution in [3.8, 4) is 0 Å². The van der Waals surface area contributed by atoms with Crippen LogP contribution in [0.1, 0.15) is 10.4 Å². The summed E-state index contributed by atoms with van der Waals surface area (Å²) in [6, 6.07) is 1.26. The number of halogens is 2. The number of rotatable bonds is 4. The third-order valence-corrected chi connectivity index (χ3v) is 2.31. The molecule has 0 fully saturated rings. The van der Waals surface area contributed by atoms with Crippen LogP contribution in [0.15, 0.2) is 12.1 Å². The van der Waals surface area contributed by atoms with Crippen molar-refractivity contribution in [3.63, 3.8) is 0 Å². The lowest BCUT2D eigenvalue weighted by Gasteiger charge is -2.05. The van der Waals surface area contributed by atoms with E-state index in [4.69, 9.17) is 11.6 Å². The van der Waals surface area contributed by atoms with Crippen molar-refractivity contribution in [2.75, 3.05) is 13.7 Å². The van der Waals surface area contributed by atoms with Crippen LogP contribution in [0, 0.1) is 15.9 Å². The van der Waals surface area contributed by atoms with Gasteiger partial charge >= 0.3 is 17.6 Å². The minimum absolute atomic E-state index is 0.363. The molecule has 0 radical (unpaired) electrons. The molecule has 0 aliphatic rings. The zero-order valence-electron chi connectivity index (χ0n) is 9.51. The first-order chi connectivity index (χ1) is 8.86. The summed E-state index contributed by atoms with van der Waals surface area (Å²) in [5.74, 6) is -3.10. The molecule has 0 aliphatic carbocycles. The Morgan fingerprint density at radius 2 is 2.11 bits per heavy atom.